The number of rotatable bonds is 5. The van der Waals surface area contributed by atoms with Gasteiger partial charge in [-0.05, 0) is 12.1 Å². The van der Waals surface area contributed by atoms with Gasteiger partial charge in [0.1, 0.15) is 11.2 Å². The predicted molar refractivity (Wildman–Crippen MR) is 85.3 cm³/mol. The van der Waals surface area contributed by atoms with E-state index in [0.717, 1.165) is 34.6 Å². The second-order valence-corrected chi connectivity index (χ2v) is 6.28. The maximum Gasteiger partial charge on any atom is 0.172 e. The van der Waals surface area contributed by atoms with Crippen LogP contribution in [0.1, 0.15) is 0 Å². The van der Waals surface area contributed by atoms with E-state index in [9.17, 15) is 0 Å². The number of pyridine rings is 1. The van der Waals surface area contributed by atoms with Gasteiger partial charge in [0.15, 0.2) is 5.82 Å². The summed E-state index contributed by atoms with van der Waals surface area (Å²) in [6.45, 7) is 1.85. The second kappa shape index (κ2) is 5.20. The van der Waals surface area contributed by atoms with Crippen molar-refractivity contribution in [2.75, 3.05) is 64.3 Å². The van der Waals surface area contributed by atoms with Crippen LogP contribution in [-0.4, -0.2) is 62.4 Å². The molecule has 3 N–H and O–H groups in total. The maximum absolute atomic E-state index is 6.25. The average Bonchev–Trinajstić information content (AvgIpc) is 2.65. The summed E-state index contributed by atoms with van der Waals surface area (Å²) in [5, 5.41) is 7.86. The summed E-state index contributed by atoms with van der Waals surface area (Å²) in [6.07, 6.45) is 1.92. The highest BCUT2D eigenvalue weighted by molar-refractivity contribution is 5.90. The molecule has 0 unspecified atom stereocenters. The molecule has 0 aliphatic rings. The average molecular weight is 277 g/mol. The van der Waals surface area contributed by atoms with Crippen molar-refractivity contribution in [3.8, 4) is 0 Å². The van der Waals surface area contributed by atoms with E-state index in [1.165, 1.54) is 0 Å². The standard InChI is InChI=1S/C14H25N6/c1-18(2)11-7-6-9-19-13(11)12(15)14(17-19)16-8-10-20(3,4)5/h6-7,9H,8,10,15H2,1-5H3,(H,16,17)/q+1. The first-order chi connectivity index (χ1) is 9.29. The van der Waals surface area contributed by atoms with E-state index >= 15 is 0 Å². The molecule has 0 atom stereocenters. The van der Waals surface area contributed by atoms with Crippen LogP contribution in [-0.2, 0) is 0 Å². The van der Waals surface area contributed by atoms with Crippen LogP contribution in [0.3, 0.4) is 0 Å². The van der Waals surface area contributed by atoms with E-state index in [1.807, 2.05) is 41.8 Å². The molecule has 0 aliphatic heterocycles. The van der Waals surface area contributed by atoms with Gasteiger partial charge >= 0.3 is 0 Å². The molecule has 0 amide bonds. The van der Waals surface area contributed by atoms with Gasteiger partial charge in [-0.15, -0.1) is 5.10 Å². The molecule has 2 rings (SSSR count). The molecule has 110 valence electrons. The quantitative estimate of drug-likeness (QED) is 0.804. The summed E-state index contributed by atoms with van der Waals surface area (Å²) in [4.78, 5) is 2.04. The first kappa shape index (κ1) is 14.5. The van der Waals surface area contributed by atoms with E-state index in [1.54, 1.807) is 0 Å². The van der Waals surface area contributed by atoms with Crippen LogP contribution in [0.4, 0.5) is 17.2 Å². The van der Waals surface area contributed by atoms with Crippen molar-refractivity contribution in [3.63, 3.8) is 0 Å². The van der Waals surface area contributed by atoms with Gasteiger partial charge in [-0.25, -0.2) is 4.52 Å². The number of likely N-dealkylation sites (N-methyl/N-ethyl adjacent to an activating group) is 1. The number of nitrogen functional groups attached to an aromatic ring is 1. The number of anilines is 3. The molecule has 0 fully saturated rings. The summed E-state index contributed by atoms with van der Waals surface area (Å²) >= 11 is 0. The van der Waals surface area contributed by atoms with Crippen LogP contribution >= 0.6 is 0 Å². The number of nitrogens with one attached hydrogen (secondary N) is 1. The Morgan fingerprint density at radius 1 is 1.35 bits per heavy atom. The lowest BCUT2D eigenvalue weighted by molar-refractivity contribution is -0.868. The lowest BCUT2D eigenvalue weighted by Crippen LogP contribution is -2.38. The SMILES string of the molecule is CN(C)c1cccn2nc(NCC[N+](C)(C)C)c(N)c12. The third-order valence-corrected chi connectivity index (χ3v) is 3.23. The third-order valence-electron chi connectivity index (χ3n) is 3.23. The maximum atomic E-state index is 6.25. The van der Waals surface area contributed by atoms with Crippen molar-refractivity contribution in [1.29, 1.82) is 0 Å². The van der Waals surface area contributed by atoms with E-state index in [0.29, 0.717) is 5.69 Å². The number of aromatic nitrogens is 2. The Balaban J connectivity index is 2.28. The molecule has 2 aromatic heterocycles. The Bertz CT molecular complexity index is 593. The molecule has 2 heterocycles. The molecular weight excluding hydrogens is 252 g/mol. The number of hydrogen-bond donors (Lipinski definition) is 2. The highest BCUT2D eigenvalue weighted by Crippen LogP contribution is 2.30. The molecule has 2 aromatic rings. The normalized spacial score (nSPS) is 11.8. The van der Waals surface area contributed by atoms with Crippen LogP contribution in [0.5, 0.6) is 0 Å². The van der Waals surface area contributed by atoms with Crippen LogP contribution in [0, 0.1) is 0 Å². The third kappa shape index (κ3) is 2.96. The van der Waals surface area contributed by atoms with Gasteiger partial charge in [0, 0.05) is 20.3 Å². The molecule has 0 saturated carbocycles. The minimum absolute atomic E-state index is 0.704. The van der Waals surface area contributed by atoms with E-state index in [4.69, 9.17) is 5.73 Å². The van der Waals surface area contributed by atoms with E-state index < -0.39 is 0 Å². The van der Waals surface area contributed by atoms with Crippen molar-refractivity contribution >= 4 is 22.7 Å². The highest BCUT2D eigenvalue weighted by atomic mass is 15.3. The summed E-state index contributed by atoms with van der Waals surface area (Å²) in [5.41, 5.74) is 8.97. The van der Waals surface area contributed by atoms with Gasteiger partial charge in [-0.3, -0.25) is 0 Å². The molecule has 0 radical (unpaired) electrons. The van der Waals surface area contributed by atoms with Crippen LogP contribution in [0.25, 0.3) is 5.52 Å². The Morgan fingerprint density at radius 2 is 2.05 bits per heavy atom. The highest BCUT2D eigenvalue weighted by Gasteiger charge is 2.15. The molecule has 20 heavy (non-hydrogen) atoms. The summed E-state index contributed by atoms with van der Waals surface area (Å²) < 4.78 is 2.74. The Labute approximate surface area is 120 Å². The zero-order valence-electron chi connectivity index (χ0n) is 13.0. The van der Waals surface area contributed by atoms with Gasteiger partial charge in [0.25, 0.3) is 0 Å². The molecule has 6 heteroatoms. The lowest BCUT2D eigenvalue weighted by Gasteiger charge is -2.23. The van der Waals surface area contributed by atoms with Gasteiger partial charge in [0.2, 0.25) is 0 Å². The number of hydrogen-bond acceptors (Lipinski definition) is 4. The van der Waals surface area contributed by atoms with Crippen molar-refractivity contribution in [3.05, 3.63) is 18.3 Å². The van der Waals surface area contributed by atoms with Crippen molar-refractivity contribution in [1.82, 2.24) is 9.61 Å². The fourth-order valence-corrected chi connectivity index (χ4v) is 2.11. The summed E-state index contributed by atoms with van der Waals surface area (Å²) in [5.74, 6) is 0.757. The molecule has 0 spiro atoms. The van der Waals surface area contributed by atoms with Crippen LogP contribution < -0.4 is 16.0 Å². The fraction of sp³-hybridized carbons (Fsp3) is 0.500. The first-order valence-corrected chi connectivity index (χ1v) is 6.78. The molecular formula is C14H25N6+. The lowest BCUT2D eigenvalue weighted by atomic mass is 10.3. The second-order valence-electron chi connectivity index (χ2n) is 6.28. The van der Waals surface area contributed by atoms with E-state index in [-0.39, 0.29) is 0 Å². The summed E-state index contributed by atoms with van der Waals surface area (Å²) in [7, 11) is 10.5. The number of nitrogens with zero attached hydrogens (tertiary/aromatic N) is 4. The van der Waals surface area contributed by atoms with E-state index in [2.05, 4.69) is 31.6 Å². The Kier molecular flexibility index (Phi) is 3.76. The molecule has 0 bridgehead atoms. The summed E-state index contributed by atoms with van der Waals surface area (Å²) in [6, 6.07) is 4.02. The minimum Gasteiger partial charge on any atom is -0.394 e. The fourth-order valence-electron chi connectivity index (χ4n) is 2.11. The van der Waals surface area contributed by atoms with Crippen LogP contribution in [0.2, 0.25) is 0 Å². The van der Waals surface area contributed by atoms with Crippen LogP contribution in [0.15, 0.2) is 18.3 Å². The predicted octanol–water partition coefficient (Wildman–Crippen LogP) is 1.10. The largest absolute Gasteiger partial charge is 0.394 e. The Hall–Kier alpha value is -1.95. The topological polar surface area (TPSA) is 58.6 Å². The Morgan fingerprint density at radius 3 is 2.65 bits per heavy atom. The van der Waals surface area contributed by atoms with Crippen molar-refractivity contribution in [2.45, 2.75) is 0 Å². The van der Waals surface area contributed by atoms with Gasteiger partial charge in [-0.2, -0.15) is 0 Å². The molecule has 6 nitrogen and oxygen atoms in total. The zero-order valence-corrected chi connectivity index (χ0v) is 13.0. The minimum atomic E-state index is 0.704. The molecule has 0 aliphatic carbocycles. The molecule has 0 saturated heterocycles. The van der Waals surface area contributed by atoms with Crippen molar-refractivity contribution < 1.29 is 4.48 Å². The van der Waals surface area contributed by atoms with Gasteiger partial charge in [-0.1, -0.05) is 0 Å². The zero-order chi connectivity index (χ0) is 14.9. The number of quaternary nitrogens is 1. The monoisotopic (exact) mass is 277 g/mol. The number of fused-ring (bicyclic) bond motifs is 1. The first-order valence-electron chi connectivity index (χ1n) is 6.78. The van der Waals surface area contributed by atoms with Gasteiger partial charge in [0.05, 0.1) is 39.9 Å². The smallest absolute Gasteiger partial charge is 0.172 e. The van der Waals surface area contributed by atoms with Crippen molar-refractivity contribution in [2.24, 2.45) is 0 Å². The number of nitrogens with two attached hydrogens (primary N) is 1. The molecule has 0 aromatic carbocycles. The van der Waals surface area contributed by atoms with Gasteiger partial charge < -0.3 is 20.4 Å².